The van der Waals surface area contributed by atoms with E-state index in [0.29, 0.717) is 11.3 Å². The number of rotatable bonds is 3. The highest BCUT2D eigenvalue weighted by Crippen LogP contribution is 2.32. The van der Waals surface area contributed by atoms with Gasteiger partial charge in [0.05, 0.1) is 5.69 Å². The molecule has 1 aromatic heterocycles. The lowest BCUT2D eigenvalue weighted by molar-refractivity contribution is 0.1000. The van der Waals surface area contributed by atoms with Gasteiger partial charge in [0, 0.05) is 30.1 Å². The number of carbonyl (C=O) groups is 1. The van der Waals surface area contributed by atoms with Gasteiger partial charge in [0.25, 0.3) is 0 Å². The van der Waals surface area contributed by atoms with Crippen molar-refractivity contribution in [3.8, 4) is 11.3 Å². The van der Waals surface area contributed by atoms with E-state index in [-0.39, 0.29) is 0 Å². The predicted octanol–water partition coefficient (Wildman–Crippen LogP) is 1.64. The third-order valence-corrected chi connectivity index (χ3v) is 3.36. The fourth-order valence-electron chi connectivity index (χ4n) is 2.28. The van der Waals surface area contributed by atoms with Gasteiger partial charge < -0.3 is 11.5 Å². The van der Waals surface area contributed by atoms with Crippen LogP contribution in [-0.4, -0.2) is 15.7 Å². The number of primary amides is 1. The van der Waals surface area contributed by atoms with Gasteiger partial charge in [-0.05, 0) is 36.6 Å². The quantitative estimate of drug-likeness (QED) is 0.820. The second-order valence-corrected chi connectivity index (χ2v) is 4.58. The number of aromatic nitrogens is 2. The minimum Gasteiger partial charge on any atom is -0.398 e. The first-order valence-electron chi connectivity index (χ1n) is 6.17. The summed E-state index contributed by atoms with van der Waals surface area (Å²) < 4.78 is 1.72. The number of nitrogens with zero attached hydrogens (tertiary/aromatic N) is 2. The number of benzene rings is 1. The van der Waals surface area contributed by atoms with Gasteiger partial charge >= 0.3 is 0 Å². The summed E-state index contributed by atoms with van der Waals surface area (Å²) in [4.78, 5) is 11.5. The summed E-state index contributed by atoms with van der Waals surface area (Å²) in [7, 11) is 1.85. The Labute approximate surface area is 112 Å². The fourth-order valence-corrected chi connectivity index (χ4v) is 2.28. The maximum atomic E-state index is 11.5. The van der Waals surface area contributed by atoms with E-state index in [1.54, 1.807) is 10.7 Å². The van der Waals surface area contributed by atoms with Crippen molar-refractivity contribution in [3.05, 3.63) is 35.0 Å². The van der Waals surface area contributed by atoms with Gasteiger partial charge in [0.2, 0.25) is 5.91 Å². The predicted molar refractivity (Wildman–Crippen MR) is 75.7 cm³/mol. The Kier molecular flexibility index (Phi) is 3.29. The molecule has 19 heavy (non-hydrogen) atoms. The second kappa shape index (κ2) is 4.76. The van der Waals surface area contributed by atoms with Gasteiger partial charge in [-0.1, -0.05) is 6.92 Å². The molecule has 4 N–H and O–H groups in total. The van der Waals surface area contributed by atoms with Crippen molar-refractivity contribution in [2.45, 2.75) is 20.3 Å². The summed E-state index contributed by atoms with van der Waals surface area (Å²) in [5.41, 5.74) is 16.0. The van der Waals surface area contributed by atoms with E-state index in [4.69, 9.17) is 11.5 Å². The van der Waals surface area contributed by atoms with Crippen LogP contribution in [0.2, 0.25) is 0 Å². The summed E-state index contributed by atoms with van der Waals surface area (Å²) >= 11 is 0. The zero-order chi connectivity index (χ0) is 14.2. The lowest BCUT2D eigenvalue weighted by Gasteiger charge is -2.14. The molecule has 100 valence electrons. The van der Waals surface area contributed by atoms with E-state index in [0.717, 1.165) is 28.8 Å². The number of carbonyl (C=O) groups excluding carboxylic acids is 1. The molecule has 0 aliphatic carbocycles. The van der Waals surface area contributed by atoms with Gasteiger partial charge in [0.1, 0.15) is 0 Å². The summed E-state index contributed by atoms with van der Waals surface area (Å²) in [6.07, 6.45) is 2.63. The molecule has 0 saturated heterocycles. The molecule has 1 heterocycles. The monoisotopic (exact) mass is 258 g/mol. The number of nitrogens with two attached hydrogens (primary N) is 2. The Balaban J connectivity index is 2.75. The summed E-state index contributed by atoms with van der Waals surface area (Å²) in [5, 5.41) is 4.37. The topological polar surface area (TPSA) is 86.9 Å². The van der Waals surface area contributed by atoms with Crippen molar-refractivity contribution in [2.75, 3.05) is 5.73 Å². The molecule has 1 aromatic carbocycles. The van der Waals surface area contributed by atoms with Gasteiger partial charge in [-0.3, -0.25) is 9.48 Å². The maximum absolute atomic E-state index is 11.5. The second-order valence-electron chi connectivity index (χ2n) is 4.58. The molecule has 0 atom stereocenters. The minimum atomic E-state index is -0.468. The van der Waals surface area contributed by atoms with E-state index in [2.05, 4.69) is 5.10 Å². The van der Waals surface area contributed by atoms with Crippen LogP contribution in [0.15, 0.2) is 18.3 Å². The minimum absolute atomic E-state index is 0.454. The highest BCUT2D eigenvalue weighted by Gasteiger charge is 2.17. The SMILES string of the molecule is CCc1c(-c2ccn(C)n2)cc(C(N)=O)c(C)c1N. The van der Waals surface area contributed by atoms with Gasteiger partial charge in [-0.25, -0.2) is 0 Å². The average molecular weight is 258 g/mol. The molecule has 0 aliphatic heterocycles. The Bertz CT molecular complexity index is 643. The lowest BCUT2D eigenvalue weighted by Crippen LogP contribution is -2.15. The highest BCUT2D eigenvalue weighted by atomic mass is 16.1. The number of hydrogen-bond acceptors (Lipinski definition) is 3. The molecule has 5 nitrogen and oxygen atoms in total. The summed E-state index contributed by atoms with van der Waals surface area (Å²) in [5.74, 6) is -0.468. The zero-order valence-electron chi connectivity index (χ0n) is 11.4. The molecule has 0 bridgehead atoms. The Hall–Kier alpha value is -2.30. The van der Waals surface area contributed by atoms with E-state index in [1.165, 1.54) is 0 Å². The Morgan fingerprint density at radius 1 is 1.47 bits per heavy atom. The van der Waals surface area contributed by atoms with Crippen molar-refractivity contribution in [2.24, 2.45) is 12.8 Å². The molecule has 0 unspecified atom stereocenters. The standard InChI is InChI=1S/C14H18N4O/c1-4-9-11(12-5-6-18(3)17-12)7-10(14(16)19)8(2)13(9)15/h5-7H,4,15H2,1-3H3,(H2,16,19). The third-order valence-electron chi connectivity index (χ3n) is 3.36. The molecular weight excluding hydrogens is 240 g/mol. The maximum Gasteiger partial charge on any atom is 0.249 e. The fraction of sp³-hybridized carbons (Fsp3) is 0.286. The van der Waals surface area contributed by atoms with Crippen LogP contribution in [0.25, 0.3) is 11.3 Å². The first-order chi connectivity index (χ1) is 8.95. The van der Waals surface area contributed by atoms with Gasteiger partial charge in [-0.2, -0.15) is 5.10 Å². The first kappa shape index (κ1) is 13.1. The van der Waals surface area contributed by atoms with Crippen molar-refractivity contribution in [3.63, 3.8) is 0 Å². The van der Waals surface area contributed by atoms with Gasteiger partial charge in [-0.15, -0.1) is 0 Å². The molecule has 0 fully saturated rings. The Morgan fingerprint density at radius 2 is 2.16 bits per heavy atom. The van der Waals surface area contributed by atoms with Crippen molar-refractivity contribution in [1.29, 1.82) is 0 Å². The molecule has 2 aromatic rings. The van der Waals surface area contributed by atoms with Crippen LogP contribution in [-0.2, 0) is 13.5 Å². The van der Waals surface area contributed by atoms with Crippen LogP contribution in [0.5, 0.6) is 0 Å². The number of nitrogen functional groups attached to an aromatic ring is 1. The molecular formula is C14H18N4O. The number of hydrogen-bond donors (Lipinski definition) is 2. The summed E-state index contributed by atoms with van der Waals surface area (Å²) in [6.45, 7) is 3.85. The summed E-state index contributed by atoms with van der Waals surface area (Å²) in [6, 6.07) is 3.68. The van der Waals surface area contributed by atoms with E-state index < -0.39 is 5.91 Å². The van der Waals surface area contributed by atoms with Crippen molar-refractivity contribution < 1.29 is 4.79 Å². The van der Waals surface area contributed by atoms with Crippen molar-refractivity contribution in [1.82, 2.24) is 9.78 Å². The third kappa shape index (κ3) is 2.19. The molecule has 0 aliphatic rings. The van der Waals surface area contributed by atoms with Gasteiger partial charge in [0.15, 0.2) is 0 Å². The zero-order valence-corrected chi connectivity index (χ0v) is 11.4. The van der Waals surface area contributed by atoms with Crippen molar-refractivity contribution >= 4 is 11.6 Å². The molecule has 5 heteroatoms. The highest BCUT2D eigenvalue weighted by molar-refractivity contribution is 5.98. The molecule has 0 saturated carbocycles. The average Bonchev–Trinajstić information content (AvgIpc) is 2.78. The van der Waals surface area contributed by atoms with Crippen LogP contribution in [0.3, 0.4) is 0 Å². The largest absolute Gasteiger partial charge is 0.398 e. The lowest BCUT2D eigenvalue weighted by atomic mass is 9.93. The van der Waals surface area contributed by atoms with Crippen LogP contribution < -0.4 is 11.5 Å². The van der Waals surface area contributed by atoms with Crippen LogP contribution >= 0.6 is 0 Å². The number of anilines is 1. The molecule has 2 rings (SSSR count). The smallest absolute Gasteiger partial charge is 0.249 e. The Morgan fingerprint density at radius 3 is 2.63 bits per heavy atom. The molecule has 0 radical (unpaired) electrons. The number of amides is 1. The molecule has 1 amide bonds. The number of aryl methyl sites for hydroxylation is 1. The van der Waals surface area contributed by atoms with Crippen LogP contribution in [0.4, 0.5) is 5.69 Å². The van der Waals surface area contributed by atoms with E-state index in [9.17, 15) is 4.79 Å². The van der Waals surface area contributed by atoms with E-state index in [1.807, 2.05) is 33.2 Å². The van der Waals surface area contributed by atoms with E-state index >= 15 is 0 Å². The normalized spacial score (nSPS) is 10.7. The molecule has 0 spiro atoms. The van der Waals surface area contributed by atoms with Crippen LogP contribution in [0, 0.1) is 6.92 Å². The van der Waals surface area contributed by atoms with Crippen LogP contribution in [0.1, 0.15) is 28.4 Å². The first-order valence-corrected chi connectivity index (χ1v) is 6.17.